The van der Waals surface area contributed by atoms with Crippen LogP contribution in [0.15, 0.2) is 0 Å². The molecule has 0 fully saturated rings. The Bertz CT molecular complexity index is 308. The molecule has 0 bridgehead atoms. The van der Waals surface area contributed by atoms with E-state index in [0.29, 0.717) is 11.3 Å². The highest BCUT2D eigenvalue weighted by molar-refractivity contribution is 5.79. The number of halogens is 3. The predicted octanol–water partition coefficient (Wildman–Crippen LogP) is 1.24. The molecule has 0 saturated heterocycles. The normalized spacial score (nSPS) is 13.4. The van der Waals surface area contributed by atoms with Crippen molar-refractivity contribution in [1.29, 1.82) is 0 Å². The number of carbonyl (C=O) groups excluding carboxylic acids is 1. The van der Waals surface area contributed by atoms with Crippen molar-refractivity contribution in [3.05, 3.63) is 0 Å². The van der Waals surface area contributed by atoms with Crippen molar-refractivity contribution in [1.82, 2.24) is 10.2 Å². The summed E-state index contributed by atoms with van der Waals surface area (Å²) in [6.45, 7) is 0.833. The standard InChI is InChI=1S/C11H19F3N2O3/c1-3-4-8(2)15-9(17)5-16(6-10(18)19)7-11(12,13)14/h8H,3-7H2,1-2H3,(H,15,17)(H,18,19). The Balaban J connectivity index is 4.38. The van der Waals surface area contributed by atoms with Gasteiger partial charge >= 0.3 is 12.1 Å². The van der Waals surface area contributed by atoms with Crippen molar-refractivity contribution in [3.8, 4) is 0 Å². The van der Waals surface area contributed by atoms with Crippen LogP contribution in [0.25, 0.3) is 0 Å². The second kappa shape index (κ2) is 7.98. The molecule has 0 aromatic carbocycles. The minimum Gasteiger partial charge on any atom is -0.480 e. The SMILES string of the molecule is CCCC(C)NC(=O)CN(CC(=O)O)CC(F)(F)F. The number of rotatable bonds is 8. The number of carboxylic acids is 1. The summed E-state index contributed by atoms with van der Waals surface area (Å²) in [7, 11) is 0. The number of carbonyl (C=O) groups is 2. The second-order valence-corrected chi connectivity index (χ2v) is 4.41. The Morgan fingerprint density at radius 2 is 1.89 bits per heavy atom. The number of amides is 1. The van der Waals surface area contributed by atoms with Gasteiger partial charge in [-0.2, -0.15) is 13.2 Å². The molecule has 1 amide bonds. The second-order valence-electron chi connectivity index (χ2n) is 4.41. The van der Waals surface area contributed by atoms with Gasteiger partial charge in [0.15, 0.2) is 0 Å². The molecule has 0 aromatic heterocycles. The fraction of sp³-hybridized carbons (Fsp3) is 0.818. The maximum Gasteiger partial charge on any atom is 0.401 e. The lowest BCUT2D eigenvalue weighted by molar-refractivity contribution is -0.155. The van der Waals surface area contributed by atoms with Crippen molar-refractivity contribution in [3.63, 3.8) is 0 Å². The van der Waals surface area contributed by atoms with E-state index in [1.165, 1.54) is 0 Å². The van der Waals surface area contributed by atoms with Gasteiger partial charge in [-0.25, -0.2) is 0 Å². The number of alkyl halides is 3. The van der Waals surface area contributed by atoms with Gasteiger partial charge in [0.2, 0.25) is 5.91 Å². The highest BCUT2D eigenvalue weighted by atomic mass is 19.4. The molecule has 0 saturated carbocycles. The van der Waals surface area contributed by atoms with Crippen LogP contribution >= 0.6 is 0 Å². The number of hydrogen-bond acceptors (Lipinski definition) is 3. The van der Waals surface area contributed by atoms with E-state index >= 15 is 0 Å². The van der Waals surface area contributed by atoms with Gasteiger partial charge in [-0.05, 0) is 13.3 Å². The lowest BCUT2D eigenvalue weighted by atomic mass is 10.2. The molecule has 19 heavy (non-hydrogen) atoms. The van der Waals surface area contributed by atoms with Crippen LogP contribution in [0.4, 0.5) is 13.2 Å². The van der Waals surface area contributed by atoms with Crippen LogP contribution in [0, 0.1) is 0 Å². The molecule has 0 aliphatic rings. The number of carboxylic acid groups (broad SMARTS) is 1. The van der Waals surface area contributed by atoms with E-state index < -0.39 is 37.7 Å². The summed E-state index contributed by atoms with van der Waals surface area (Å²) in [5.41, 5.74) is 0. The maximum absolute atomic E-state index is 12.2. The smallest absolute Gasteiger partial charge is 0.401 e. The third-order valence-electron chi connectivity index (χ3n) is 2.26. The topological polar surface area (TPSA) is 69.6 Å². The van der Waals surface area contributed by atoms with E-state index in [1.807, 2.05) is 6.92 Å². The number of aliphatic carboxylic acids is 1. The van der Waals surface area contributed by atoms with Gasteiger partial charge in [0.25, 0.3) is 0 Å². The molecule has 0 heterocycles. The van der Waals surface area contributed by atoms with E-state index in [4.69, 9.17) is 5.11 Å². The minimum absolute atomic E-state index is 0.143. The van der Waals surface area contributed by atoms with E-state index in [1.54, 1.807) is 6.92 Å². The van der Waals surface area contributed by atoms with Gasteiger partial charge < -0.3 is 10.4 Å². The molecule has 112 valence electrons. The number of nitrogens with one attached hydrogen (secondary N) is 1. The Morgan fingerprint density at radius 1 is 1.32 bits per heavy atom. The lowest BCUT2D eigenvalue weighted by Crippen LogP contribution is -2.45. The summed E-state index contributed by atoms with van der Waals surface area (Å²) in [4.78, 5) is 22.5. The molecule has 0 aromatic rings. The zero-order valence-corrected chi connectivity index (χ0v) is 11.0. The quantitative estimate of drug-likeness (QED) is 0.703. The first-order valence-electron chi connectivity index (χ1n) is 5.94. The third-order valence-corrected chi connectivity index (χ3v) is 2.26. The lowest BCUT2D eigenvalue weighted by Gasteiger charge is -2.22. The van der Waals surface area contributed by atoms with Gasteiger partial charge in [0.05, 0.1) is 19.6 Å². The van der Waals surface area contributed by atoms with Gasteiger partial charge in [0, 0.05) is 6.04 Å². The first-order valence-corrected chi connectivity index (χ1v) is 5.94. The zero-order chi connectivity index (χ0) is 15.1. The summed E-state index contributed by atoms with van der Waals surface area (Å²) in [5, 5.41) is 11.0. The van der Waals surface area contributed by atoms with Crippen LogP contribution in [0.3, 0.4) is 0 Å². The molecule has 0 rings (SSSR count). The summed E-state index contributed by atoms with van der Waals surface area (Å²) >= 11 is 0. The number of nitrogens with zero attached hydrogens (tertiary/aromatic N) is 1. The van der Waals surface area contributed by atoms with Crippen LogP contribution in [0.5, 0.6) is 0 Å². The average molecular weight is 284 g/mol. The molecular weight excluding hydrogens is 265 g/mol. The van der Waals surface area contributed by atoms with E-state index in [-0.39, 0.29) is 6.04 Å². The van der Waals surface area contributed by atoms with Crippen molar-refractivity contribution < 1.29 is 27.9 Å². The molecule has 0 spiro atoms. The molecule has 1 atom stereocenters. The van der Waals surface area contributed by atoms with Gasteiger partial charge in [-0.3, -0.25) is 14.5 Å². The fourth-order valence-electron chi connectivity index (χ4n) is 1.64. The average Bonchev–Trinajstić information content (AvgIpc) is 2.12. The van der Waals surface area contributed by atoms with E-state index in [9.17, 15) is 22.8 Å². The van der Waals surface area contributed by atoms with E-state index in [0.717, 1.165) is 6.42 Å². The molecule has 0 aliphatic heterocycles. The van der Waals surface area contributed by atoms with Crippen molar-refractivity contribution in [2.75, 3.05) is 19.6 Å². The first kappa shape index (κ1) is 17.7. The Morgan fingerprint density at radius 3 is 2.32 bits per heavy atom. The Hall–Kier alpha value is -1.31. The summed E-state index contributed by atoms with van der Waals surface area (Å²) in [6, 6.07) is -0.143. The summed E-state index contributed by atoms with van der Waals surface area (Å²) < 4.78 is 36.7. The summed E-state index contributed by atoms with van der Waals surface area (Å²) in [6.07, 6.45) is -2.99. The van der Waals surface area contributed by atoms with Gasteiger partial charge in [-0.1, -0.05) is 13.3 Å². The van der Waals surface area contributed by atoms with Crippen LogP contribution in [-0.2, 0) is 9.59 Å². The molecular formula is C11H19F3N2O3. The van der Waals surface area contributed by atoms with Crippen LogP contribution in [0.2, 0.25) is 0 Å². The Labute approximate surface area is 109 Å². The van der Waals surface area contributed by atoms with Crippen molar-refractivity contribution >= 4 is 11.9 Å². The van der Waals surface area contributed by atoms with Crippen LogP contribution < -0.4 is 5.32 Å². The number of hydrogen-bond donors (Lipinski definition) is 2. The molecule has 8 heteroatoms. The van der Waals surface area contributed by atoms with Gasteiger partial charge in [0.1, 0.15) is 0 Å². The van der Waals surface area contributed by atoms with Crippen LogP contribution in [0.1, 0.15) is 26.7 Å². The maximum atomic E-state index is 12.2. The van der Waals surface area contributed by atoms with E-state index in [2.05, 4.69) is 5.32 Å². The highest BCUT2D eigenvalue weighted by Crippen LogP contribution is 2.16. The molecule has 0 aliphatic carbocycles. The zero-order valence-electron chi connectivity index (χ0n) is 11.0. The van der Waals surface area contributed by atoms with Crippen LogP contribution in [-0.4, -0.2) is 53.7 Å². The first-order chi connectivity index (χ1) is 8.64. The molecule has 5 nitrogen and oxygen atoms in total. The molecule has 1 unspecified atom stereocenters. The molecule has 2 N–H and O–H groups in total. The van der Waals surface area contributed by atoms with Crippen molar-refractivity contribution in [2.24, 2.45) is 0 Å². The van der Waals surface area contributed by atoms with Gasteiger partial charge in [-0.15, -0.1) is 0 Å². The predicted molar refractivity (Wildman–Crippen MR) is 62.6 cm³/mol. The monoisotopic (exact) mass is 284 g/mol. The third kappa shape index (κ3) is 10.3. The Kier molecular flexibility index (Phi) is 7.43. The summed E-state index contributed by atoms with van der Waals surface area (Å²) in [5.74, 6) is -2.01. The fourth-order valence-corrected chi connectivity index (χ4v) is 1.64. The molecule has 0 radical (unpaired) electrons. The minimum atomic E-state index is -4.54. The van der Waals surface area contributed by atoms with Crippen molar-refractivity contribution in [2.45, 2.75) is 38.9 Å². The largest absolute Gasteiger partial charge is 0.480 e. The highest BCUT2D eigenvalue weighted by Gasteiger charge is 2.32.